The first-order valence-corrected chi connectivity index (χ1v) is 5.52. The number of amides is 1. The molecule has 1 rings (SSSR count). The zero-order chi connectivity index (χ0) is 13.0. The number of rotatable bonds is 3. The van der Waals surface area contributed by atoms with Crippen molar-refractivity contribution in [1.82, 2.24) is 0 Å². The average Bonchev–Trinajstić information content (AvgIpc) is 2.30. The molecule has 5 heteroatoms. The SMILES string of the molecule is COC(=O)c1cc(NC(=O)C(C)C)ccc1Cl. The number of methoxy groups -OCH3 is 1. The third-order valence-electron chi connectivity index (χ3n) is 2.16. The highest BCUT2D eigenvalue weighted by atomic mass is 35.5. The van der Waals surface area contributed by atoms with Crippen molar-refractivity contribution >= 4 is 29.2 Å². The van der Waals surface area contributed by atoms with Crippen LogP contribution in [0.1, 0.15) is 24.2 Å². The summed E-state index contributed by atoms with van der Waals surface area (Å²) in [5.74, 6) is -0.786. The Morgan fingerprint density at radius 2 is 2.00 bits per heavy atom. The predicted octanol–water partition coefficient (Wildman–Crippen LogP) is 2.72. The summed E-state index contributed by atoms with van der Waals surface area (Å²) in [6.07, 6.45) is 0. The van der Waals surface area contributed by atoms with Crippen LogP contribution < -0.4 is 5.32 Å². The third kappa shape index (κ3) is 3.46. The summed E-state index contributed by atoms with van der Waals surface area (Å²) >= 11 is 5.86. The third-order valence-corrected chi connectivity index (χ3v) is 2.49. The van der Waals surface area contributed by atoms with Gasteiger partial charge < -0.3 is 10.1 Å². The van der Waals surface area contributed by atoms with Crippen molar-refractivity contribution in [3.8, 4) is 0 Å². The first-order valence-electron chi connectivity index (χ1n) is 5.14. The van der Waals surface area contributed by atoms with Gasteiger partial charge in [-0.25, -0.2) is 4.79 Å². The maximum atomic E-state index is 11.5. The number of halogens is 1. The van der Waals surface area contributed by atoms with Gasteiger partial charge in [0.15, 0.2) is 0 Å². The molecule has 0 saturated heterocycles. The molecule has 0 heterocycles. The van der Waals surface area contributed by atoms with Gasteiger partial charge in [0, 0.05) is 11.6 Å². The number of anilines is 1. The second-order valence-corrected chi connectivity index (χ2v) is 4.24. The Bertz CT molecular complexity index is 443. The van der Waals surface area contributed by atoms with Crippen LogP contribution in [0.5, 0.6) is 0 Å². The van der Waals surface area contributed by atoms with E-state index in [4.69, 9.17) is 11.6 Å². The topological polar surface area (TPSA) is 55.4 Å². The van der Waals surface area contributed by atoms with Gasteiger partial charge >= 0.3 is 5.97 Å². The Hall–Kier alpha value is -1.55. The van der Waals surface area contributed by atoms with E-state index in [0.717, 1.165) is 0 Å². The van der Waals surface area contributed by atoms with Crippen molar-refractivity contribution in [2.24, 2.45) is 5.92 Å². The van der Waals surface area contributed by atoms with Crippen LogP contribution in [0, 0.1) is 5.92 Å². The molecule has 4 nitrogen and oxygen atoms in total. The van der Waals surface area contributed by atoms with E-state index >= 15 is 0 Å². The van der Waals surface area contributed by atoms with Crippen LogP contribution in [-0.2, 0) is 9.53 Å². The molecule has 0 saturated carbocycles. The van der Waals surface area contributed by atoms with E-state index in [2.05, 4.69) is 10.1 Å². The predicted molar refractivity (Wildman–Crippen MR) is 66.3 cm³/mol. The molecule has 0 radical (unpaired) electrons. The summed E-state index contributed by atoms with van der Waals surface area (Å²) in [6, 6.07) is 4.67. The first-order chi connectivity index (χ1) is 7.95. The minimum atomic E-state index is -0.532. The van der Waals surface area contributed by atoms with Gasteiger partial charge in [-0.3, -0.25) is 4.79 Å². The molecule has 0 aromatic heterocycles. The summed E-state index contributed by atoms with van der Waals surface area (Å²) in [5, 5.41) is 2.97. The molecule has 1 aromatic carbocycles. The molecule has 0 spiro atoms. The quantitative estimate of drug-likeness (QED) is 0.845. The molecular formula is C12H14ClNO3. The highest BCUT2D eigenvalue weighted by molar-refractivity contribution is 6.33. The molecule has 17 heavy (non-hydrogen) atoms. The highest BCUT2D eigenvalue weighted by Crippen LogP contribution is 2.21. The van der Waals surface area contributed by atoms with Gasteiger partial charge in [0.1, 0.15) is 0 Å². The normalized spacial score (nSPS) is 10.2. The Kier molecular flexibility index (Phi) is 4.52. The maximum Gasteiger partial charge on any atom is 0.339 e. The summed E-state index contributed by atoms with van der Waals surface area (Å²) in [5.41, 5.74) is 0.754. The summed E-state index contributed by atoms with van der Waals surface area (Å²) in [6.45, 7) is 3.57. The number of carbonyl (C=O) groups is 2. The van der Waals surface area contributed by atoms with E-state index < -0.39 is 5.97 Å². The fourth-order valence-corrected chi connectivity index (χ4v) is 1.35. The molecule has 92 valence electrons. The van der Waals surface area contributed by atoms with Crippen molar-refractivity contribution in [3.05, 3.63) is 28.8 Å². The lowest BCUT2D eigenvalue weighted by atomic mass is 10.1. The highest BCUT2D eigenvalue weighted by Gasteiger charge is 2.13. The second-order valence-electron chi connectivity index (χ2n) is 3.83. The number of hydrogen-bond donors (Lipinski definition) is 1. The van der Waals surface area contributed by atoms with E-state index in [-0.39, 0.29) is 17.4 Å². The number of carbonyl (C=O) groups excluding carboxylic acids is 2. The summed E-state index contributed by atoms with van der Waals surface area (Å²) in [4.78, 5) is 22.9. The van der Waals surface area contributed by atoms with Gasteiger partial charge in [0.25, 0.3) is 0 Å². The van der Waals surface area contributed by atoms with E-state index in [9.17, 15) is 9.59 Å². The number of esters is 1. The average molecular weight is 256 g/mol. The van der Waals surface area contributed by atoms with Crippen molar-refractivity contribution in [3.63, 3.8) is 0 Å². The van der Waals surface area contributed by atoms with Crippen molar-refractivity contribution < 1.29 is 14.3 Å². The number of hydrogen-bond acceptors (Lipinski definition) is 3. The fraction of sp³-hybridized carbons (Fsp3) is 0.333. The maximum absolute atomic E-state index is 11.5. The van der Waals surface area contributed by atoms with E-state index in [1.165, 1.54) is 13.2 Å². The second kappa shape index (κ2) is 5.68. The molecule has 0 fully saturated rings. The molecule has 0 aliphatic carbocycles. The molecule has 0 aliphatic heterocycles. The van der Waals surface area contributed by atoms with Gasteiger partial charge in [-0.15, -0.1) is 0 Å². The Morgan fingerprint density at radius 3 is 2.53 bits per heavy atom. The van der Waals surface area contributed by atoms with Crippen molar-refractivity contribution in [1.29, 1.82) is 0 Å². The van der Waals surface area contributed by atoms with Crippen LogP contribution in [-0.4, -0.2) is 19.0 Å². The molecular weight excluding hydrogens is 242 g/mol. The zero-order valence-corrected chi connectivity index (χ0v) is 10.7. The van der Waals surface area contributed by atoms with Crippen molar-refractivity contribution in [2.45, 2.75) is 13.8 Å². The largest absolute Gasteiger partial charge is 0.465 e. The molecule has 1 N–H and O–H groups in total. The van der Waals surface area contributed by atoms with Crippen molar-refractivity contribution in [2.75, 3.05) is 12.4 Å². The van der Waals surface area contributed by atoms with Gasteiger partial charge in [0.05, 0.1) is 17.7 Å². The van der Waals surface area contributed by atoms with Gasteiger partial charge in [-0.05, 0) is 18.2 Å². The van der Waals surface area contributed by atoms with Crippen LogP contribution in [0.25, 0.3) is 0 Å². The zero-order valence-electron chi connectivity index (χ0n) is 9.91. The van der Waals surface area contributed by atoms with Crippen LogP contribution in [0.15, 0.2) is 18.2 Å². The molecule has 1 amide bonds. The first kappa shape index (κ1) is 13.5. The van der Waals surface area contributed by atoms with E-state index in [1.807, 2.05) is 0 Å². The van der Waals surface area contributed by atoms with Gasteiger partial charge in [-0.2, -0.15) is 0 Å². The summed E-state index contributed by atoms with van der Waals surface area (Å²) < 4.78 is 4.59. The van der Waals surface area contributed by atoms with Gasteiger partial charge in [0.2, 0.25) is 5.91 Å². The minimum Gasteiger partial charge on any atom is -0.465 e. The fourth-order valence-electron chi connectivity index (χ4n) is 1.16. The number of benzene rings is 1. The molecule has 1 aromatic rings. The van der Waals surface area contributed by atoms with Crippen LogP contribution in [0.2, 0.25) is 5.02 Å². The molecule has 0 bridgehead atoms. The number of ether oxygens (including phenoxy) is 1. The van der Waals surface area contributed by atoms with E-state index in [0.29, 0.717) is 10.7 Å². The Labute approximate surface area is 105 Å². The Morgan fingerprint density at radius 1 is 1.35 bits per heavy atom. The van der Waals surface area contributed by atoms with Crippen LogP contribution in [0.3, 0.4) is 0 Å². The Balaban J connectivity index is 2.97. The lowest BCUT2D eigenvalue weighted by Crippen LogP contribution is -2.18. The molecule has 0 atom stereocenters. The minimum absolute atomic E-state index is 0.122. The monoisotopic (exact) mass is 255 g/mol. The molecule has 0 aliphatic rings. The summed E-state index contributed by atoms with van der Waals surface area (Å²) in [7, 11) is 1.28. The lowest BCUT2D eigenvalue weighted by molar-refractivity contribution is -0.118. The van der Waals surface area contributed by atoms with Crippen LogP contribution in [0.4, 0.5) is 5.69 Å². The van der Waals surface area contributed by atoms with Crippen LogP contribution >= 0.6 is 11.6 Å². The standard InChI is InChI=1S/C12H14ClNO3/c1-7(2)11(15)14-8-4-5-10(13)9(6-8)12(16)17-3/h4-7H,1-3H3,(H,14,15). The van der Waals surface area contributed by atoms with Gasteiger partial charge in [-0.1, -0.05) is 25.4 Å². The lowest BCUT2D eigenvalue weighted by Gasteiger charge is -2.09. The molecule has 0 unspecified atom stereocenters. The smallest absolute Gasteiger partial charge is 0.339 e. The van der Waals surface area contributed by atoms with E-state index in [1.54, 1.807) is 26.0 Å². The number of nitrogens with one attached hydrogen (secondary N) is 1.